The highest BCUT2D eigenvalue weighted by molar-refractivity contribution is 9.10. The molecule has 4 heteroatoms. The second-order valence-corrected chi connectivity index (χ2v) is 6.89. The van der Waals surface area contributed by atoms with E-state index in [1.165, 1.54) is 5.56 Å². The molecule has 0 spiro atoms. The Morgan fingerprint density at radius 1 is 0.792 bits per heavy atom. The van der Waals surface area contributed by atoms with Gasteiger partial charge in [0.25, 0.3) is 0 Å². The van der Waals surface area contributed by atoms with Gasteiger partial charge in [0, 0.05) is 4.47 Å². The molecule has 2 rings (SSSR count). The van der Waals surface area contributed by atoms with Crippen LogP contribution in [0.15, 0.2) is 40.9 Å². The molecule has 0 aliphatic rings. The zero-order chi connectivity index (χ0) is 17.4. The Hall–Kier alpha value is -1.42. The second kappa shape index (κ2) is 9.78. The van der Waals surface area contributed by atoms with E-state index in [-0.39, 0.29) is 0 Å². The lowest BCUT2D eigenvalue weighted by Crippen LogP contribution is -2.07. The van der Waals surface area contributed by atoms with Crippen molar-refractivity contribution in [2.24, 2.45) is 0 Å². The van der Waals surface area contributed by atoms with Crippen molar-refractivity contribution in [3.8, 4) is 11.5 Å². The lowest BCUT2D eigenvalue weighted by Gasteiger charge is -2.09. The summed E-state index contributed by atoms with van der Waals surface area (Å²) in [7, 11) is 5.80. The van der Waals surface area contributed by atoms with Crippen LogP contribution in [0.5, 0.6) is 11.5 Å². The molecule has 0 saturated carbocycles. The molecule has 0 amide bonds. The topological polar surface area (TPSA) is 18.5 Å². The molecule has 2 nitrogen and oxygen atoms in total. The molecular weight excluding hydrogens is 363 g/mol. The van der Waals surface area contributed by atoms with Gasteiger partial charge in [0.1, 0.15) is 19.3 Å². The molecule has 2 aromatic carbocycles. The van der Waals surface area contributed by atoms with Crippen molar-refractivity contribution >= 4 is 29.2 Å². The third-order valence-electron chi connectivity index (χ3n) is 3.95. The van der Waals surface area contributed by atoms with E-state index in [0.29, 0.717) is 0 Å². The van der Waals surface area contributed by atoms with E-state index in [4.69, 9.17) is 17.3 Å². The van der Waals surface area contributed by atoms with E-state index >= 15 is 0 Å². The zero-order valence-electron chi connectivity index (χ0n) is 14.5. The van der Waals surface area contributed by atoms with Crippen LogP contribution in [-0.4, -0.2) is 21.1 Å². The summed E-state index contributed by atoms with van der Waals surface area (Å²) in [6.45, 7) is 5.57. The molecule has 0 aliphatic heterocycles. The van der Waals surface area contributed by atoms with Crippen LogP contribution in [0, 0.1) is 13.8 Å². The first kappa shape index (κ1) is 18.9. The van der Waals surface area contributed by atoms with Gasteiger partial charge in [-0.2, -0.15) is 0 Å². The van der Waals surface area contributed by atoms with Gasteiger partial charge >= 0.3 is 0 Å². The number of benzene rings is 2. The maximum atomic E-state index is 5.80. The Balaban J connectivity index is 1.53. The summed E-state index contributed by atoms with van der Waals surface area (Å²) in [5, 5.41) is 0. The minimum Gasteiger partial charge on any atom is -0.494 e. The van der Waals surface area contributed by atoms with Crippen LogP contribution in [0.1, 0.15) is 36.8 Å². The van der Waals surface area contributed by atoms with E-state index in [0.717, 1.165) is 65.9 Å². The Morgan fingerprint density at radius 3 is 1.88 bits per heavy atom. The lowest BCUT2D eigenvalue weighted by atomic mass is 9.91. The van der Waals surface area contributed by atoms with Crippen molar-refractivity contribution in [3.05, 3.63) is 52.0 Å². The van der Waals surface area contributed by atoms with E-state index in [9.17, 15) is 0 Å². The third kappa shape index (κ3) is 6.24. The van der Waals surface area contributed by atoms with Gasteiger partial charge in [0.2, 0.25) is 0 Å². The van der Waals surface area contributed by atoms with Crippen molar-refractivity contribution in [1.29, 1.82) is 0 Å². The maximum Gasteiger partial charge on any atom is 0.119 e. The van der Waals surface area contributed by atoms with Crippen molar-refractivity contribution in [3.63, 3.8) is 0 Å². The SMILES string of the molecule is [B]c1ccc(OCCCCCCOc2ccc(Br)c(C)c2)cc1C. The second-order valence-electron chi connectivity index (χ2n) is 6.04. The van der Waals surface area contributed by atoms with Crippen LogP contribution in [0.4, 0.5) is 0 Å². The average Bonchev–Trinajstić information content (AvgIpc) is 2.56. The van der Waals surface area contributed by atoms with Crippen molar-refractivity contribution in [2.75, 3.05) is 13.2 Å². The van der Waals surface area contributed by atoms with Crippen molar-refractivity contribution in [2.45, 2.75) is 39.5 Å². The summed E-state index contributed by atoms with van der Waals surface area (Å²) in [5.41, 5.74) is 3.07. The number of rotatable bonds is 9. The number of aryl methyl sites for hydroxylation is 2. The molecule has 2 aromatic rings. The molecule has 2 radical (unpaired) electrons. The predicted octanol–water partition coefficient (Wildman–Crippen LogP) is 4.88. The fourth-order valence-electron chi connectivity index (χ4n) is 2.38. The predicted molar refractivity (Wildman–Crippen MR) is 105 cm³/mol. The van der Waals surface area contributed by atoms with Crippen LogP contribution in [-0.2, 0) is 0 Å². The van der Waals surface area contributed by atoms with Crippen LogP contribution in [0.25, 0.3) is 0 Å². The van der Waals surface area contributed by atoms with Gasteiger partial charge in [-0.1, -0.05) is 33.0 Å². The first-order valence-electron chi connectivity index (χ1n) is 8.44. The van der Waals surface area contributed by atoms with E-state index in [2.05, 4.69) is 28.9 Å². The maximum absolute atomic E-state index is 5.80. The normalized spacial score (nSPS) is 10.6. The number of hydrogen-bond donors (Lipinski definition) is 0. The van der Waals surface area contributed by atoms with Crippen LogP contribution in [0.3, 0.4) is 0 Å². The number of unbranched alkanes of at least 4 members (excludes halogenated alkanes) is 3. The molecule has 0 aliphatic carbocycles. The number of halogens is 1. The van der Waals surface area contributed by atoms with Gasteiger partial charge in [0.05, 0.1) is 13.2 Å². The molecule has 0 saturated heterocycles. The molecule has 0 N–H and O–H groups in total. The van der Waals surface area contributed by atoms with Crippen LogP contribution in [0.2, 0.25) is 0 Å². The largest absolute Gasteiger partial charge is 0.494 e. The Kier molecular flexibility index (Phi) is 7.71. The van der Waals surface area contributed by atoms with Gasteiger partial charge in [0.15, 0.2) is 0 Å². The van der Waals surface area contributed by atoms with Gasteiger partial charge in [-0.05, 0) is 75.4 Å². The lowest BCUT2D eigenvalue weighted by molar-refractivity contribution is 0.287. The Labute approximate surface area is 155 Å². The van der Waals surface area contributed by atoms with Crippen LogP contribution >= 0.6 is 15.9 Å². The minimum atomic E-state index is 0.746. The van der Waals surface area contributed by atoms with Gasteiger partial charge in [-0.3, -0.25) is 0 Å². The molecule has 0 heterocycles. The van der Waals surface area contributed by atoms with E-state index in [1.807, 2.05) is 37.3 Å². The molecule has 0 unspecified atom stereocenters. The summed E-state index contributed by atoms with van der Waals surface area (Å²) in [6.07, 6.45) is 4.42. The van der Waals surface area contributed by atoms with Gasteiger partial charge < -0.3 is 9.47 Å². The van der Waals surface area contributed by atoms with Crippen LogP contribution < -0.4 is 14.9 Å². The standard InChI is InChI=1S/C20H24BBrO2/c1-15-13-17(7-9-19(15)21)23-11-5-3-4-6-12-24-18-8-10-20(22)16(2)14-18/h7-10,13-14H,3-6,11-12H2,1-2H3. The first-order chi connectivity index (χ1) is 11.6. The Morgan fingerprint density at radius 2 is 1.33 bits per heavy atom. The quantitative estimate of drug-likeness (QED) is 0.451. The van der Waals surface area contributed by atoms with Gasteiger partial charge in [-0.25, -0.2) is 0 Å². The highest BCUT2D eigenvalue weighted by Crippen LogP contribution is 2.21. The summed E-state index contributed by atoms with van der Waals surface area (Å²) in [4.78, 5) is 0. The summed E-state index contributed by atoms with van der Waals surface area (Å²) in [5.74, 6) is 1.84. The minimum absolute atomic E-state index is 0.746. The third-order valence-corrected chi connectivity index (χ3v) is 4.84. The first-order valence-corrected chi connectivity index (χ1v) is 9.23. The molecule has 0 fully saturated rings. The Bertz CT molecular complexity index is 601. The number of ether oxygens (including phenoxy) is 2. The molecule has 0 aromatic heterocycles. The zero-order valence-corrected chi connectivity index (χ0v) is 16.1. The fourth-order valence-corrected chi connectivity index (χ4v) is 2.63. The summed E-state index contributed by atoms with van der Waals surface area (Å²) < 4.78 is 12.6. The van der Waals surface area contributed by atoms with Gasteiger partial charge in [-0.15, -0.1) is 0 Å². The highest BCUT2D eigenvalue weighted by atomic mass is 79.9. The van der Waals surface area contributed by atoms with E-state index in [1.54, 1.807) is 0 Å². The average molecular weight is 387 g/mol. The van der Waals surface area contributed by atoms with Crippen molar-refractivity contribution in [1.82, 2.24) is 0 Å². The molecule has 0 bridgehead atoms. The number of hydrogen-bond acceptors (Lipinski definition) is 2. The molecular formula is C20H24BBrO2. The molecule has 126 valence electrons. The highest BCUT2D eigenvalue weighted by Gasteiger charge is 1.99. The summed E-state index contributed by atoms with van der Waals surface area (Å²) in [6, 6.07) is 11.9. The van der Waals surface area contributed by atoms with E-state index < -0.39 is 0 Å². The molecule has 24 heavy (non-hydrogen) atoms. The smallest absolute Gasteiger partial charge is 0.119 e. The fraction of sp³-hybridized carbons (Fsp3) is 0.400. The molecule has 0 atom stereocenters. The summed E-state index contributed by atoms with van der Waals surface area (Å²) >= 11 is 3.50. The monoisotopic (exact) mass is 386 g/mol. The van der Waals surface area contributed by atoms with Crippen molar-refractivity contribution < 1.29 is 9.47 Å².